The first-order chi connectivity index (χ1) is 16.2. The van der Waals surface area contributed by atoms with Crippen LogP contribution in [0.4, 0.5) is 13.2 Å². The summed E-state index contributed by atoms with van der Waals surface area (Å²) in [5.41, 5.74) is -0.0231. The van der Waals surface area contributed by atoms with Crippen molar-refractivity contribution >= 4 is 27.3 Å². The van der Waals surface area contributed by atoms with Gasteiger partial charge in [0.05, 0.1) is 11.8 Å². The molecule has 2 heterocycles. The second kappa shape index (κ2) is 11.0. The van der Waals surface area contributed by atoms with Gasteiger partial charge in [-0.15, -0.1) is 4.72 Å². The highest BCUT2D eigenvalue weighted by molar-refractivity contribution is 7.90. The van der Waals surface area contributed by atoms with Crippen LogP contribution < -0.4 is 10.0 Å². The van der Waals surface area contributed by atoms with Gasteiger partial charge in [-0.05, 0) is 70.4 Å². The number of carbonyl (C=O) groups is 1. The number of halogens is 3. The minimum Gasteiger partial charge on any atom is -0.598 e. The van der Waals surface area contributed by atoms with Crippen LogP contribution in [0, 0.1) is 23.4 Å². The van der Waals surface area contributed by atoms with Crippen LogP contribution in [0.25, 0.3) is 0 Å². The Morgan fingerprint density at radius 2 is 1.71 bits per heavy atom. The molecule has 2 aliphatic rings. The zero-order valence-electron chi connectivity index (χ0n) is 20.4. The fourth-order valence-electron chi connectivity index (χ4n) is 5.00. The van der Waals surface area contributed by atoms with Crippen LogP contribution in [0.1, 0.15) is 58.9 Å². The second-order valence-electron chi connectivity index (χ2n) is 10.4. The van der Waals surface area contributed by atoms with Crippen LogP contribution in [0.5, 0.6) is 0 Å². The highest BCUT2D eigenvalue weighted by atomic mass is 32.2. The molecule has 0 spiro atoms. The van der Waals surface area contributed by atoms with Crippen molar-refractivity contribution < 1.29 is 30.9 Å². The lowest BCUT2D eigenvalue weighted by Crippen LogP contribution is -2.54. The van der Waals surface area contributed by atoms with Gasteiger partial charge in [-0.25, -0.2) is 21.6 Å². The van der Waals surface area contributed by atoms with Crippen LogP contribution in [-0.2, 0) is 32.6 Å². The van der Waals surface area contributed by atoms with Crippen molar-refractivity contribution in [1.29, 1.82) is 0 Å². The van der Waals surface area contributed by atoms with E-state index in [0.29, 0.717) is 31.7 Å². The van der Waals surface area contributed by atoms with Crippen LogP contribution in [0.3, 0.4) is 0 Å². The van der Waals surface area contributed by atoms with Gasteiger partial charge in [-0.1, -0.05) is 0 Å². The largest absolute Gasteiger partial charge is 0.598 e. The number of nitrogens with one attached hydrogen (secondary N) is 2. The number of rotatable bonds is 9. The SMILES string of the molecule is CC(=O)NCCS(=O)(=O)N1C2CCC1CC([C@H](Cc1cc(F)c(F)cc1F)N[S+]([O-])C(C)(C)C)C2. The summed E-state index contributed by atoms with van der Waals surface area (Å²) < 4.78 is 84.7. The van der Waals surface area contributed by atoms with E-state index in [1.807, 2.05) is 0 Å². The molecule has 35 heavy (non-hydrogen) atoms. The van der Waals surface area contributed by atoms with Crippen LogP contribution in [0.15, 0.2) is 12.1 Å². The van der Waals surface area contributed by atoms with E-state index in [-0.39, 0.29) is 48.2 Å². The standard InChI is InChI=1S/C23H34F3N3O4S2/c1-14(30)27-7-8-35(32,33)29-17-5-6-18(29)10-16(9-17)22(28-34(31)23(2,3)4)12-15-11-20(25)21(26)13-19(15)24/h11,13,16-18,22,28H,5-10,12H2,1-4H3,(H,27,30)/t16?,17?,18?,22-,34?/m0/s1. The normalized spacial score (nSPS) is 24.9. The third kappa shape index (κ3) is 6.91. The van der Waals surface area contributed by atoms with Crippen molar-refractivity contribution in [3.63, 3.8) is 0 Å². The van der Waals surface area contributed by atoms with Crippen molar-refractivity contribution in [2.75, 3.05) is 12.3 Å². The van der Waals surface area contributed by atoms with E-state index in [2.05, 4.69) is 10.0 Å². The Labute approximate surface area is 208 Å². The molecule has 2 bridgehead atoms. The first-order valence-corrected chi connectivity index (χ1v) is 14.5. The minimum atomic E-state index is -3.60. The summed E-state index contributed by atoms with van der Waals surface area (Å²) in [6.07, 6.45) is 2.29. The number of benzene rings is 1. The van der Waals surface area contributed by atoms with Gasteiger partial charge in [0.15, 0.2) is 11.6 Å². The number of hydrogen-bond acceptors (Lipinski definition) is 5. The Morgan fingerprint density at radius 3 is 2.26 bits per heavy atom. The van der Waals surface area contributed by atoms with Gasteiger partial charge in [0, 0.05) is 43.0 Å². The van der Waals surface area contributed by atoms with Crippen molar-refractivity contribution in [3.8, 4) is 0 Å². The maximum atomic E-state index is 14.5. The Kier molecular flexibility index (Phi) is 8.84. The van der Waals surface area contributed by atoms with E-state index in [4.69, 9.17) is 0 Å². The molecule has 0 aromatic heterocycles. The van der Waals surface area contributed by atoms with Crippen molar-refractivity contribution in [1.82, 2.24) is 14.3 Å². The van der Waals surface area contributed by atoms with E-state index in [1.165, 1.54) is 6.92 Å². The molecule has 12 heteroatoms. The van der Waals surface area contributed by atoms with Crippen LogP contribution in [0.2, 0.25) is 0 Å². The zero-order valence-corrected chi connectivity index (χ0v) is 22.1. The highest BCUT2D eigenvalue weighted by Gasteiger charge is 2.49. The lowest BCUT2D eigenvalue weighted by molar-refractivity contribution is -0.118. The first-order valence-electron chi connectivity index (χ1n) is 11.8. The number of piperidine rings is 1. The number of fused-ring (bicyclic) bond motifs is 2. The quantitative estimate of drug-likeness (QED) is 0.373. The van der Waals surface area contributed by atoms with E-state index >= 15 is 0 Å². The summed E-state index contributed by atoms with van der Waals surface area (Å²) in [5, 5.41) is 2.51. The number of nitrogens with zero attached hydrogens (tertiary/aromatic N) is 1. The molecular formula is C23H34F3N3O4S2. The molecule has 0 saturated carbocycles. The smallest absolute Gasteiger partial charge is 0.216 e. The Bertz CT molecular complexity index is 1020. The molecule has 2 aliphatic heterocycles. The summed E-state index contributed by atoms with van der Waals surface area (Å²) >= 11 is -1.51. The number of hydrogen-bond donors (Lipinski definition) is 2. The average molecular weight is 538 g/mol. The number of carbonyl (C=O) groups excluding carboxylic acids is 1. The molecular weight excluding hydrogens is 503 g/mol. The maximum Gasteiger partial charge on any atom is 0.216 e. The predicted octanol–water partition coefficient (Wildman–Crippen LogP) is 2.78. The topological polar surface area (TPSA) is 102 Å². The molecule has 1 amide bonds. The monoisotopic (exact) mass is 537 g/mol. The molecule has 3 unspecified atom stereocenters. The van der Waals surface area contributed by atoms with Gasteiger partial charge in [-0.2, -0.15) is 4.31 Å². The Morgan fingerprint density at radius 1 is 1.14 bits per heavy atom. The maximum absolute atomic E-state index is 14.5. The Balaban J connectivity index is 1.81. The minimum absolute atomic E-state index is 0.00968. The summed E-state index contributed by atoms with van der Waals surface area (Å²) in [4.78, 5) is 11.1. The fraction of sp³-hybridized carbons (Fsp3) is 0.696. The van der Waals surface area contributed by atoms with E-state index in [9.17, 15) is 30.9 Å². The average Bonchev–Trinajstić information content (AvgIpc) is 3.01. The van der Waals surface area contributed by atoms with Crippen LogP contribution in [-0.4, -0.2) is 58.4 Å². The fourth-order valence-corrected chi connectivity index (χ4v) is 7.76. The molecule has 2 fully saturated rings. The van der Waals surface area contributed by atoms with Crippen molar-refractivity contribution in [3.05, 3.63) is 35.1 Å². The third-order valence-electron chi connectivity index (χ3n) is 6.67. The predicted molar refractivity (Wildman–Crippen MR) is 129 cm³/mol. The molecule has 2 saturated heterocycles. The second-order valence-corrected chi connectivity index (χ2v) is 14.4. The van der Waals surface area contributed by atoms with Gasteiger partial charge < -0.3 is 9.87 Å². The molecule has 4 atom stereocenters. The molecule has 3 rings (SSSR count). The molecule has 0 radical (unpaired) electrons. The lowest BCUT2D eigenvalue weighted by atomic mass is 9.83. The highest BCUT2D eigenvalue weighted by Crippen LogP contribution is 2.42. The van der Waals surface area contributed by atoms with E-state index in [0.717, 1.165) is 6.07 Å². The molecule has 1 aromatic rings. The van der Waals surface area contributed by atoms with Gasteiger partial charge >= 0.3 is 0 Å². The summed E-state index contributed by atoms with van der Waals surface area (Å²) in [6.45, 7) is 6.73. The molecule has 2 N–H and O–H groups in total. The molecule has 7 nitrogen and oxygen atoms in total. The first kappa shape index (κ1) is 28.2. The third-order valence-corrected chi connectivity index (χ3v) is 10.3. The summed E-state index contributed by atoms with van der Waals surface area (Å²) in [7, 11) is -3.60. The van der Waals surface area contributed by atoms with Gasteiger partial charge in [-0.3, -0.25) is 4.79 Å². The number of amides is 1. The van der Waals surface area contributed by atoms with E-state index < -0.39 is 49.6 Å². The Hall–Kier alpha value is -1.34. The van der Waals surface area contributed by atoms with Crippen LogP contribution >= 0.6 is 0 Å². The summed E-state index contributed by atoms with van der Waals surface area (Å²) in [5.74, 6) is -3.94. The van der Waals surface area contributed by atoms with E-state index in [1.54, 1.807) is 25.1 Å². The molecule has 1 aromatic carbocycles. The number of sulfonamides is 1. The molecule has 0 aliphatic carbocycles. The van der Waals surface area contributed by atoms with Crippen molar-refractivity contribution in [2.45, 2.75) is 82.7 Å². The zero-order chi connectivity index (χ0) is 26.1. The summed E-state index contributed by atoms with van der Waals surface area (Å²) in [6, 6.07) is 0.291. The van der Waals surface area contributed by atoms with Gasteiger partial charge in [0.25, 0.3) is 0 Å². The van der Waals surface area contributed by atoms with Crippen molar-refractivity contribution in [2.24, 2.45) is 5.92 Å². The van der Waals surface area contributed by atoms with Gasteiger partial charge in [0.1, 0.15) is 10.6 Å². The van der Waals surface area contributed by atoms with Gasteiger partial charge in [0.2, 0.25) is 15.9 Å². The molecule has 198 valence electrons. The lowest BCUT2D eigenvalue weighted by Gasteiger charge is -2.41.